The van der Waals surface area contributed by atoms with Crippen molar-refractivity contribution in [3.8, 4) is 0 Å². The maximum atomic E-state index is 13.5. The number of rotatable bonds is 5. The molecule has 0 aliphatic rings. The van der Waals surface area contributed by atoms with E-state index in [0.29, 0.717) is 36.8 Å². The highest BCUT2D eigenvalue weighted by molar-refractivity contribution is 9.10. The van der Waals surface area contributed by atoms with E-state index in [0.717, 1.165) is 4.47 Å². The Labute approximate surface area is 113 Å². The minimum Gasteiger partial charge on any atom is -0.339 e. The fourth-order valence-corrected chi connectivity index (χ4v) is 1.86. The molecule has 4 nitrogen and oxygen atoms in total. The Morgan fingerprint density at radius 2 is 2.28 bits per heavy atom. The number of aromatic nitrogens is 2. The highest BCUT2D eigenvalue weighted by atomic mass is 79.9. The zero-order chi connectivity index (χ0) is 13.0. The third kappa shape index (κ3) is 3.61. The standard InChI is InChI=1S/C12H13BrFN3O/c1-8-16-12(18-17-8)4-5-15-7-9-2-3-10(13)6-11(9)14/h2-3,6,15H,4-5,7H2,1H3. The number of hydrogen-bond acceptors (Lipinski definition) is 4. The molecule has 0 saturated carbocycles. The van der Waals surface area contributed by atoms with Crippen LogP contribution in [0.1, 0.15) is 17.3 Å². The number of benzene rings is 1. The average Bonchev–Trinajstić information content (AvgIpc) is 2.73. The molecule has 2 rings (SSSR count). The minimum atomic E-state index is -0.217. The molecule has 0 saturated heterocycles. The summed E-state index contributed by atoms with van der Waals surface area (Å²) in [5.74, 6) is 1.01. The van der Waals surface area contributed by atoms with Crippen molar-refractivity contribution in [2.45, 2.75) is 19.9 Å². The predicted molar refractivity (Wildman–Crippen MR) is 68.5 cm³/mol. The molecule has 2 aromatic rings. The fraction of sp³-hybridized carbons (Fsp3) is 0.333. The van der Waals surface area contributed by atoms with Crippen molar-refractivity contribution in [2.24, 2.45) is 0 Å². The highest BCUT2D eigenvalue weighted by Gasteiger charge is 2.04. The summed E-state index contributed by atoms with van der Waals surface area (Å²) in [4.78, 5) is 4.09. The molecule has 1 heterocycles. The number of halogens is 2. The van der Waals surface area contributed by atoms with Crippen LogP contribution >= 0.6 is 15.9 Å². The van der Waals surface area contributed by atoms with Crippen LogP contribution in [-0.4, -0.2) is 16.7 Å². The molecule has 0 unspecified atom stereocenters. The summed E-state index contributed by atoms with van der Waals surface area (Å²) in [7, 11) is 0. The molecule has 1 aromatic carbocycles. The van der Waals surface area contributed by atoms with Crippen molar-refractivity contribution in [1.29, 1.82) is 0 Å². The van der Waals surface area contributed by atoms with Gasteiger partial charge in [-0.1, -0.05) is 27.2 Å². The summed E-state index contributed by atoms with van der Waals surface area (Å²) in [6, 6.07) is 5.03. The van der Waals surface area contributed by atoms with Crippen LogP contribution in [0, 0.1) is 12.7 Å². The first-order valence-electron chi connectivity index (χ1n) is 5.59. The summed E-state index contributed by atoms with van der Waals surface area (Å²) < 4.78 is 19.2. The van der Waals surface area contributed by atoms with Crippen LogP contribution in [0.15, 0.2) is 27.2 Å². The van der Waals surface area contributed by atoms with Gasteiger partial charge in [-0.2, -0.15) is 4.98 Å². The second-order valence-corrected chi connectivity index (χ2v) is 4.81. The number of hydrogen-bond donors (Lipinski definition) is 1. The van der Waals surface area contributed by atoms with Gasteiger partial charge in [-0.25, -0.2) is 4.39 Å². The molecule has 0 spiro atoms. The maximum Gasteiger partial charge on any atom is 0.227 e. The maximum absolute atomic E-state index is 13.5. The van der Waals surface area contributed by atoms with Gasteiger partial charge in [0.05, 0.1) is 0 Å². The minimum absolute atomic E-state index is 0.217. The molecule has 1 aromatic heterocycles. The Balaban J connectivity index is 1.78. The quantitative estimate of drug-likeness (QED) is 0.862. The van der Waals surface area contributed by atoms with Crippen LogP contribution in [0.2, 0.25) is 0 Å². The Morgan fingerprint density at radius 3 is 2.94 bits per heavy atom. The summed E-state index contributed by atoms with van der Waals surface area (Å²) >= 11 is 3.22. The van der Waals surface area contributed by atoms with E-state index in [1.165, 1.54) is 6.07 Å². The summed E-state index contributed by atoms with van der Waals surface area (Å²) in [5.41, 5.74) is 0.639. The molecule has 6 heteroatoms. The molecule has 96 valence electrons. The molecule has 0 amide bonds. The molecule has 0 radical (unpaired) electrons. The topological polar surface area (TPSA) is 51.0 Å². The first kappa shape index (κ1) is 13.2. The van der Waals surface area contributed by atoms with Crippen molar-refractivity contribution in [1.82, 2.24) is 15.5 Å². The van der Waals surface area contributed by atoms with Gasteiger partial charge in [-0.15, -0.1) is 0 Å². The van der Waals surface area contributed by atoms with Crippen LogP contribution in [0.5, 0.6) is 0 Å². The summed E-state index contributed by atoms with van der Waals surface area (Å²) in [6.45, 7) is 2.92. The SMILES string of the molecule is Cc1noc(CCNCc2ccc(Br)cc2F)n1. The highest BCUT2D eigenvalue weighted by Crippen LogP contribution is 2.14. The molecule has 0 aliphatic heterocycles. The van der Waals surface area contributed by atoms with E-state index in [9.17, 15) is 4.39 Å². The van der Waals surface area contributed by atoms with Crippen LogP contribution in [0.3, 0.4) is 0 Å². The first-order valence-corrected chi connectivity index (χ1v) is 6.38. The van der Waals surface area contributed by atoms with E-state index in [1.54, 1.807) is 13.0 Å². The van der Waals surface area contributed by atoms with E-state index in [4.69, 9.17) is 4.52 Å². The summed E-state index contributed by atoms with van der Waals surface area (Å²) in [5, 5.41) is 6.83. The molecule has 18 heavy (non-hydrogen) atoms. The van der Waals surface area contributed by atoms with E-state index < -0.39 is 0 Å². The van der Waals surface area contributed by atoms with E-state index in [1.807, 2.05) is 6.07 Å². The monoisotopic (exact) mass is 313 g/mol. The van der Waals surface area contributed by atoms with Crippen LogP contribution in [-0.2, 0) is 13.0 Å². The van der Waals surface area contributed by atoms with Gasteiger partial charge in [-0.05, 0) is 19.1 Å². The van der Waals surface area contributed by atoms with Gasteiger partial charge in [0.2, 0.25) is 5.89 Å². The fourth-order valence-electron chi connectivity index (χ4n) is 1.53. The van der Waals surface area contributed by atoms with Gasteiger partial charge in [0.15, 0.2) is 5.82 Å². The molecular formula is C12H13BrFN3O. The van der Waals surface area contributed by atoms with Gasteiger partial charge in [0, 0.05) is 29.5 Å². The van der Waals surface area contributed by atoms with Gasteiger partial charge in [0.25, 0.3) is 0 Å². The average molecular weight is 314 g/mol. The molecule has 0 fully saturated rings. The van der Waals surface area contributed by atoms with Crippen LogP contribution in [0.4, 0.5) is 4.39 Å². The largest absolute Gasteiger partial charge is 0.339 e. The lowest BCUT2D eigenvalue weighted by Gasteiger charge is -2.05. The second kappa shape index (κ2) is 6.06. The van der Waals surface area contributed by atoms with Crippen molar-refractivity contribution < 1.29 is 8.91 Å². The lowest BCUT2D eigenvalue weighted by Crippen LogP contribution is -2.17. The lowest BCUT2D eigenvalue weighted by molar-refractivity contribution is 0.372. The number of nitrogens with one attached hydrogen (secondary N) is 1. The van der Waals surface area contributed by atoms with Gasteiger partial charge in [-0.3, -0.25) is 0 Å². The first-order chi connectivity index (χ1) is 8.65. The normalized spacial score (nSPS) is 10.8. The van der Waals surface area contributed by atoms with Gasteiger partial charge < -0.3 is 9.84 Å². The molecular weight excluding hydrogens is 301 g/mol. The number of nitrogens with zero attached hydrogens (tertiary/aromatic N) is 2. The van der Waals surface area contributed by atoms with Crippen molar-refractivity contribution in [3.63, 3.8) is 0 Å². The van der Waals surface area contributed by atoms with Crippen LogP contribution in [0.25, 0.3) is 0 Å². The van der Waals surface area contributed by atoms with Gasteiger partial charge >= 0.3 is 0 Å². The second-order valence-electron chi connectivity index (χ2n) is 3.90. The summed E-state index contributed by atoms with van der Waals surface area (Å²) in [6.07, 6.45) is 0.638. The Hall–Kier alpha value is -1.27. The van der Waals surface area contributed by atoms with Gasteiger partial charge in [0.1, 0.15) is 5.82 Å². The molecule has 0 aliphatic carbocycles. The predicted octanol–water partition coefficient (Wildman–Crippen LogP) is 2.61. The van der Waals surface area contributed by atoms with Crippen molar-refractivity contribution in [3.05, 3.63) is 45.8 Å². The third-order valence-corrected chi connectivity index (χ3v) is 2.91. The lowest BCUT2D eigenvalue weighted by atomic mass is 10.2. The van der Waals surface area contributed by atoms with Crippen molar-refractivity contribution >= 4 is 15.9 Å². The molecule has 0 bridgehead atoms. The van der Waals surface area contributed by atoms with E-state index in [-0.39, 0.29) is 5.82 Å². The number of aryl methyl sites for hydroxylation is 1. The molecule has 1 N–H and O–H groups in total. The van der Waals surface area contributed by atoms with E-state index in [2.05, 4.69) is 31.4 Å². The van der Waals surface area contributed by atoms with Crippen molar-refractivity contribution in [2.75, 3.05) is 6.54 Å². The molecule has 0 atom stereocenters. The smallest absolute Gasteiger partial charge is 0.227 e. The van der Waals surface area contributed by atoms with Crippen LogP contribution < -0.4 is 5.32 Å². The zero-order valence-corrected chi connectivity index (χ0v) is 11.5. The Kier molecular flexibility index (Phi) is 4.43. The zero-order valence-electron chi connectivity index (χ0n) is 9.91. The van der Waals surface area contributed by atoms with E-state index >= 15 is 0 Å². The Bertz CT molecular complexity index is 530. The Morgan fingerprint density at radius 1 is 1.44 bits per heavy atom. The third-order valence-electron chi connectivity index (χ3n) is 2.42.